The molecule has 4 atom stereocenters. The molecular formula is C13H22I2O2. The summed E-state index contributed by atoms with van der Waals surface area (Å²) in [6.45, 7) is 10.5. The lowest BCUT2D eigenvalue weighted by Gasteiger charge is -2.53. The molecule has 0 aromatic carbocycles. The molecule has 1 saturated carbocycles. The number of carbonyl (C=O) groups excluding carboxylic acids is 1. The number of esters is 1. The summed E-state index contributed by atoms with van der Waals surface area (Å²) in [6.07, 6.45) is 1.15. The number of hydrogen-bond acceptors (Lipinski definition) is 2. The zero-order chi connectivity index (χ0) is 13.4. The average molecular weight is 464 g/mol. The SMILES string of the molecule is CC(=O)OC1C(C)C(I)C(C)(CI)CC1(C)C. The normalized spacial score (nSPS) is 41.0. The molecule has 0 N–H and O–H groups in total. The Morgan fingerprint density at radius 1 is 1.41 bits per heavy atom. The van der Waals surface area contributed by atoms with Gasteiger partial charge in [-0.25, -0.2) is 0 Å². The second kappa shape index (κ2) is 5.51. The predicted octanol–water partition coefficient (Wildman–Crippen LogP) is 4.23. The van der Waals surface area contributed by atoms with Gasteiger partial charge >= 0.3 is 5.97 Å². The van der Waals surface area contributed by atoms with E-state index in [1.54, 1.807) is 0 Å². The van der Waals surface area contributed by atoms with E-state index in [4.69, 9.17) is 4.74 Å². The molecule has 100 valence electrons. The van der Waals surface area contributed by atoms with E-state index in [-0.39, 0.29) is 17.5 Å². The Morgan fingerprint density at radius 2 is 1.94 bits per heavy atom. The molecule has 2 nitrogen and oxygen atoms in total. The molecule has 0 amide bonds. The van der Waals surface area contributed by atoms with Crippen molar-refractivity contribution in [2.45, 2.75) is 51.1 Å². The van der Waals surface area contributed by atoms with Gasteiger partial charge < -0.3 is 4.74 Å². The molecule has 1 aliphatic carbocycles. The van der Waals surface area contributed by atoms with Crippen LogP contribution >= 0.6 is 45.2 Å². The van der Waals surface area contributed by atoms with Crippen molar-refractivity contribution in [3.8, 4) is 0 Å². The Kier molecular flexibility index (Phi) is 5.18. The maximum absolute atomic E-state index is 11.3. The molecule has 4 heteroatoms. The van der Waals surface area contributed by atoms with Crippen LogP contribution in [0, 0.1) is 16.7 Å². The molecule has 17 heavy (non-hydrogen) atoms. The van der Waals surface area contributed by atoms with Gasteiger partial charge in [0.2, 0.25) is 0 Å². The van der Waals surface area contributed by atoms with Crippen molar-refractivity contribution in [1.29, 1.82) is 0 Å². The first kappa shape index (κ1) is 16.0. The molecule has 4 unspecified atom stereocenters. The summed E-state index contributed by atoms with van der Waals surface area (Å²) in [4.78, 5) is 11.3. The van der Waals surface area contributed by atoms with E-state index < -0.39 is 0 Å². The lowest BCUT2D eigenvalue weighted by molar-refractivity contribution is -0.163. The van der Waals surface area contributed by atoms with Crippen LogP contribution in [0.3, 0.4) is 0 Å². The first-order valence-electron chi connectivity index (χ1n) is 6.01. The zero-order valence-corrected chi connectivity index (χ0v) is 15.5. The van der Waals surface area contributed by atoms with Crippen molar-refractivity contribution in [2.24, 2.45) is 16.7 Å². The Balaban J connectivity index is 3.00. The molecule has 1 aliphatic rings. The highest BCUT2D eigenvalue weighted by atomic mass is 127. The molecule has 0 radical (unpaired) electrons. The summed E-state index contributed by atoms with van der Waals surface area (Å²) in [5, 5.41) is 0. The molecule has 0 saturated heterocycles. The van der Waals surface area contributed by atoms with Gasteiger partial charge in [-0.05, 0) is 11.8 Å². The third-order valence-corrected chi connectivity index (χ3v) is 8.21. The molecular weight excluding hydrogens is 442 g/mol. The van der Waals surface area contributed by atoms with E-state index in [9.17, 15) is 4.79 Å². The summed E-state index contributed by atoms with van der Waals surface area (Å²) in [5.41, 5.74) is 0.396. The van der Waals surface area contributed by atoms with Crippen LogP contribution < -0.4 is 0 Å². The average Bonchev–Trinajstić information content (AvgIpc) is 2.21. The molecule has 1 fully saturated rings. The number of rotatable bonds is 2. The summed E-state index contributed by atoms with van der Waals surface area (Å²) in [7, 11) is 0. The standard InChI is InChI=1S/C13H22I2O2/c1-8-10(15)13(5,7-14)6-12(3,4)11(8)17-9(2)16/h8,10-11H,6-7H2,1-5H3. The van der Waals surface area contributed by atoms with Gasteiger partial charge in [-0.3, -0.25) is 4.79 Å². The van der Waals surface area contributed by atoms with E-state index in [1.807, 2.05) is 0 Å². The van der Waals surface area contributed by atoms with E-state index in [1.165, 1.54) is 6.92 Å². The van der Waals surface area contributed by atoms with Crippen molar-refractivity contribution >= 4 is 51.2 Å². The third-order valence-electron chi connectivity index (χ3n) is 3.83. The quantitative estimate of drug-likeness (QED) is 0.348. The minimum atomic E-state index is -0.156. The van der Waals surface area contributed by atoms with Gasteiger partial charge in [0, 0.05) is 26.6 Å². The molecule has 0 spiro atoms. The maximum Gasteiger partial charge on any atom is 0.302 e. The van der Waals surface area contributed by atoms with Crippen molar-refractivity contribution in [2.75, 3.05) is 4.43 Å². The van der Waals surface area contributed by atoms with Gasteiger partial charge in [-0.2, -0.15) is 0 Å². The Morgan fingerprint density at radius 3 is 2.35 bits per heavy atom. The van der Waals surface area contributed by atoms with Gasteiger partial charge in [0.15, 0.2) is 0 Å². The summed E-state index contributed by atoms with van der Waals surface area (Å²) in [6, 6.07) is 0. The molecule has 0 bridgehead atoms. The third kappa shape index (κ3) is 3.28. The van der Waals surface area contributed by atoms with Crippen molar-refractivity contribution in [1.82, 2.24) is 0 Å². The molecule has 1 rings (SSSR count). The van der Waals surface area contributed by atoms with Crippen LogP contribution in [0.4, 0.5) is 0 Å². The molecule has 0 heterocycles. The topological polar surface area (TPSA) is 26.3 Å². The van der Waals surface area contributed by atoms with Crippen molar-refractivity contribution in [3.63, 3.8) is 0 Å². The second-order valence-electron chi connectivity index (χ2n) is 6.24. The second-order valence-corrected chi connectivity index (χ2v) is 8.35. The van der Waals surface area contributed by atoms with Gasteiger partial charge in [0.25, 0.3) is 0 Å². The number of carbonyl (C=O) groups is 1. The van der Waals surface area contributed by atoms with Crippen molar-refractivity contribution in [3.05, 3.63) is 0 Å². The van der Waals surface area contributed by atoms with Gasteiger partial charge in [0.1, 0.15) is 6.10 Å². The highest BCUT2D eigenvalue weighted by molar-refractivity contribution is 14.1. The first-order valence-corrected chi connectivity index (χ1v) is 8.78. The van der Waals surface area contributed by atoms with Crippen LogP contribution in [0.15, 0.2) is 0 Å². The summed E-state index contributed by atoms with van der Waals surface area (Å²) < 4.78 is 7.28. The van der Waals surface area contributed by atoms with E-state index >= 15 is 0 Å². The first-order chi connectivity index (χ1) is 7.64. The van der Waals surface area contributed by atoms with Crippen LogP contribution in [-0.2, 0) is 9.53 Å². The highest BCUT2D eigenvalue weighted by Gasteiger charge is 2.52. The smallest absolute Gasteiger partial charge is 0.302 e. The largest absolute Gasteiger partial charge is 0.462 e. The highest BCUT2D eigenvalue weighted by Crippen LogP contribution is 2.53. The fourth-order valence-electron chi connectivity index (χ4n) is 3.31. The van der Waals surface area contributed by atoms with Gasteiger partial charge in [-0.1, -0.05) is 72.9 Å². The van der Waals surface area contributed by atoms with Crippen LogP contribution in [0.5, 0.6) is 0 Å². The van der Waals surface area contributed by atoms with Gasteiger partial charge in [0.05, 0.1) is 0 Å². The monoisotopic (exact) mass is 464 g/mol. The number of ether oxygens (including phenoxy) is 1. The zero-order valence-electron chi connectivity index (χ0n) is 11.2. The van der Waals surface area contributed by atoms with Crippen LogP contribution in [0.1, 0.15) is 41.0 Å². The lowest BCUT2D eigenvalue weighted by atomic mass is 9.60. The van der Waals surface area contributed by atoms with Gasteiger partial charge in [-0.15, -0.1) is 0 Å². The van der Waals surface area contributed by atoms with Crippen LogP contribution in [0.25, 0.3) is 0 Å². The fourth-order valence-corrected chi connectivity index (χ4v) is 5.71. The molecule has 0 aromatic rings. The fraction of sp³-hybridized carbons (Fsp3) is 0.923. The minimum absolute atomic E-state index is 0.0397. The number of hydrogen-bond donors (Lipinski definition) is 0. The minimum Gasteiger partial charge on any atom is -0.462 e. The Hall–Kier alpha value is 0.930. The number of alkyl halides is 2. The van der Waals surface area contributed by atoms with Crippen LogP contribution in [-0.4, -0.2) is 20.4 Å². The number of halogens is 2. The van der Waals surface area contributed by atoms with E-state index in [0.717, 1.165) is 10.8 Å². The predicted molar refractivity (Wildman–Crippen MR) is 87.9 cm³/mol. The Labute approximate surface area is 132 Å². The van der Waals surface area contributed by atoms with Crippen molar-refractivity contribution < 1.29 is 9.53 Å². The van der Waals surface area contributed by atoms with Crippen LogP contribution in [0.2, 0.25) is 0 Å². The molecule has 0 aromatic heterocycles. The summed E-state index contributed by atoms with van der Waals surface area (Å²) in [5.74, 6) is 0.250. The molecule has 0 aliphatic heterocycles. The maximum atomic E-state index is 11.3. The van der Waals surface area contributed by atoms with E-state index in [0.29, 0.717) is 15.3 Å². The van der Waals surface area contributed by atoms with E-state index in [2.05, 4.69) is 72.9 Å². The summed E-state index contributed by atoms with van der Waals surface area (Å²) >= 11 is 5.03. The lowest BCUT2D eigenvalue weighted by Crippen LogP contribution is -2.54. The Bertz CT molecular complexity index is 304.